The monoisotopic (exact) mass is 496 g/mol. The molecule has 5 nitrogen and oxygen atoms in total. The lowest BCUT2D eigenvalue weighted by atomic mass is 9.81. The molecule has 0 radical (unpaired) electrons. The van der Waals surface area contributed by atoms with Crippen molar-refractivity contribution in [2.24, 2.45) is 0 Å². The summed E-state index contributed by atoms with van der Waals surface area (Å²) in [5.41, 5.74) is 5.81. The van der Waals surface area contributed by atoms with Crippen molar-refractivity contribution in [1.29, 1.82) is 0 Å². The molecule has 0 amide bonds. The van der Waals surface area contributed by atoms with Crippen LogP contribution in [0.4, 0.5) is 0 Å². The van der Waals surface area contributed by atoms with Crippen molar-refractivity contribution >= 4 is 30.6 Å². The summed E-state index contributed by atoms with van der Waals surface area (Å²) in [6, 6.07) is 3.19. The lowest BCUT2D eigenvalue weighted by molar-refractivity contribution is 0.118. The minimum Gasteiger partial charge on any atom is -0.380 e. The number of nitrogens with zero attached hydrogens (tertiary/aromatic N) is 4. The first-order valence-electron chi connectivity index (χ1n) is 13.0. The molecule has 7 heteroatoms. The summed E-state index contributed by atoms with van der Waals surface area (Å²) in [6.45, 7) is 16.2. The highest BCUT2D eigenvalue weighted by Gasteiger charge is 2.39. The van der Waals surface area contributed by atoms with Crippen LogP contribution in [-0.4, -0.2) is 59.7 Å². The van der Waals surface area contributed by atoms with Crippen molar-refractivity contribution in [3.8, 4) is 10.4 Å². The van der Waals surface area contributed by atoms with E-state index in [1.54, 1.807) is 11.3 Å². The number of hydrogen-bond acceptors (Lipinski definition) is 5. The minimum atomic E-state index is -1.80. The third-order valence-corrected chi connectivity index (χ3v) is 14.8. The van der Waals surface area contributed by atoms with Crippen molar-refractivity contribution in [3.05, 3.63) is 35.7 Å². The molecule has 1 saturated heterocycles. The lowest BCUT2D eigenvalue weighted by Crippen LogP contribution is -2.45. The van der Waals surface area contributed by atoms with Crippen LogP contribution in [0.25, 0.3) is 21.5 Å². The molecule has 1 aliphatic carbocycles. The van der Waals surface area contributed by atoms with Crippen LogP contribution in [0.3, 0.4) is 0 Å². The molecule has 1 aliphatic heterocycles. The van der Waals surface area contributed by atoms with Crippen LogP contribution >= 0.6 is 11.3 Å². The number of rotatable bonds is 4. The molecule has 3 aromatic heterocycles. The molecule has 4 heterocycles. The normalized spacial score (nSPS) is 23.3. The number of aromatic nitrogens is 3. The Labute approximate surface area is 209 Å². The zero-order valence-electron chi connectivity index (χ0n) is 21.5. The van der Waals surface area contributed by atoms with Gasteiger partial charge in [0.1, 0.15) is 5.65 Å². The SMILES string of the molecule is CC(C)(C)[Si](C)(C)n1cc(-c2cncs2)c2cc([C@H]3CC[C@H](N4CCCOCC4)CC3)cnc21. The van der Waals surface area contributed by atoms with E-state index in [1.165, 1.54) is 60.0 Å². The Morgan fingerprint density at radius 3 is 2.56 bits per heavy atom. The molecule has 2 fully saturated rings. The summed E-state index contributed by atoms with van der Waals surface area (Å²) in [7, 11) is -1.80. The van der Waals surface area contributed by atoms with Crippen LogP contribution in [0, 0.1) is 0 Å². The second kappa shape index (κ2) is 9.49. The minimum absolute atomic E-state index is 0.237. The molecule has 0 bridgehead atoms. The van der Waals surface area contributed by atoms with E-state index < -0.39 is 8.24 Å². The van der Waals surface area contributed by atoms with Gasteiger partial charge in [0.05, 0.1) is 17.0 Å². The fourth-order valence-corrected chi connectivity index (χ4v) is 8.11. The highest BCUT2D eigenvalue weighted by Crippen LogP contribution is 2.43. The van der Waals surface area contributed by atoms with E-state index in [0.29, 0.717) is 5.92 Å². The van der Waals surface area contributed by atoms with Gasteiger partial charge in [-0.3, -0.25) is 9.88 Å². The Bertz CT molecular complexity index is 1100. The van der Waals surface area contributed by atoms with Gasteiger partial charge in [-0.25, -0.2) is 4.98 Å². The second-order valence-corrected chi connectivity index (χ2v) is 17.7. The first-order valence-corrected chi connectivity index (χ1v) is 16.8. The zero-order valence-corrected chi connectivity index (χ0v) is 23.3. The maximum atomic E-state index is 5.68. The van der Waals surface area contributed by atoms with Gasteiger partial charge in [0, 0.05) is 55.3 Å². The predicted octanol–water partition coefficient (Wildman–Crippen LogP) is 6.76. The number of thiazole rings is 1. The number of fused-ring (bicyclic) bond motifs is 1. The second-order valence-electron chi connectivity index (χ2n) is 11.7. The standard InChI is InChI=1S/C27H40N4OSSi/c1-27(2,3)34(4,5)31-18-24(25-17-28-19-33-25)23-15-21(16-29-26(23)31)20-7-9-22(10-8-20)30-11-6-13-32-14-12-30/h15-20,22H,6-14H2,1-5H3/t20-,22-. The van der Waals surface area contributed by atoms with E-state index in [1.807, 2.05) is 11.7 Å². The first-order chi connectivity index (χ1) is 16.3. The molecule has 34 heavy (non-hydrogen) atoms. The average Bonchev–Trinajstić information content (AvgIpc) is 3.39. The van der Waals surface area contributed by atoms with Gasteiger partial charge in [-0.2, -0.15) is 0 Å². The molecule has 0 N–H and O–H groups in total. The Kier molecular flexibility index (Phi) is 6.74. The summed E-state index contributed by atoms with van der Waals surface area (Å²) in [5, 5.41) is 1.54. The highest BCUT2D eigenvalue weighted by atomic mass is 32.1. The molecule has 2 aliphatic rings. The molecule has 5 rings (SSSR count). The van der Waals surface area contributed by atoms with E-state index in [9.17, 15) is 0 Å². The molecule has 0 aromatic carbocycles. The van der Waals surface area contributed by atoms with Crippen LogP contribution in [0.2, 0.25) is 18.1 Å². The van der Waals surface area contributed by atoms with Gasteiger partial charge in [0.2, 0.25) is 0 Å². The van der Waals surface area contributed by atoms with Gasteiger partial charge in [-0.15, -0.1) is 11.3 Å². The molecular formula is C27H40N4OSSi. The molecule has 3 aromatic rings. The van der Waals surface area contributed by atoms with Gasteiger partial charge in [0.15, 0.2) is 8.24 Å². The maximum Gasteiger partial charge on any atom is 0.163 e. The first kappa shape index (κ1) is 24.2. The predicted molar refractivity (Wildman–Crippen MR) is 145 cm³/mol. The van der Waals surface area contributed by atoms with Gasteiger partial charge in [-0.1, -0.05) is 33.9 Å². The van der Waals surface area contributed by atoms with Crippen molar-refractivity contribution < 1.29 is 4.74 Å². The Morgan fingerprint density at radius 1 is 1.06 bits per heavy atom. The van der Waals surface area contributed by atoms with Crippen molar-refractivity contribution in [2.45, 2.75) is 83.0 Å². The van der Waals surface area contributed by atoms with E-state index in [2.05, 4.69) is 66.4 Å². The number of pyridine rings is 1. The summed E-state index contributed by atoms with van der Waals surface area (Å²) < 4.78 is 8.22. The smallest absolute Gasteiger partial charge is 0.163 e. The van der Waals surface area contributed by atoms with Crippen LogP contribution in [-0.2, 0) is 4.74 Å². The fraction of sp³-hybridized carbons (Fsp3) is 0.630. The Morgan fingerprint density at radius 2 is 1.85 bits per heavy atom. The summed E-state index contributed by atoms with van der Waals surface area (Å²) >= 11 is 1.73. The molecule has 0 unspecified atom stereocenters. The molecule has 0 spiro atoms. The van der Waals surface area contributed by atoms with Crippen molar-refractivity contribution in [1.82, 2.24) is 19.1 Å². The largest absolute Gasteiger partial charge is 0.380 e. The van der Waals surface area contributed by atoms with E-state index in [-0.39, 0.29) is 5.04 Å². The lowest BCUT2D eigenvalue weighted by Gasteiger charge is -2.38. The van der Waals surface area contributed by atoms with Crippen LogP contribution < -0.4 is 0 Å². The number of hydrogen-bond donors (Lipinski definition) is 0. The maximum absolute atomic E-state index is 5.68. The zero-order chi connectivity index (χ0) is 23.9. The average molecular weight is 497 g/mol. The van der Waals surface area contributed by atoms with Gasteiger partial charge in [-0.05, 0) is 54.7 Å². The number of ether oxygens (including phenoxy) is 1. The highest BCUT2D eigenvalue weighted by molar-refractivity contribution is 7.13. The van der Waals surface area contributed by atoms with E-state index in [4.69, 9.17) is 9.72 Å². The van der Waals surface area contributed by atoms with E-state index in [0.717, 1.165) is 31.4 Å². The molecule has 0 atom stereocenters. The Hall–Kier alpha value is -1.54. The molecule has 184 valence electrons. The van der Waals surface area contributed by atoms with Gasteiger partial charge >= 0.3 is 0 Å². The third-order valence-electron chi connectivity index (χ3n) is 8.74. The van der Waals surface area contributed by atoms with Crippen molar-refractivity contribution in [2.75, 3.05) is 26.3 Å². The van der Waals surface area contributed by atoms with Crippen LogP contribution in [0.5, 0.6) is 0 Å². The fourth-order valence-electron chi connectivity index (χ4n) is 5.58. The third kappa shape index (κ3) is 4.52. The van der Waals surface area contributed by atoms with Crippen molar-refractivity contribution in [3.63, 3.8) is 0 Å². The van der Waals surface area contributed by atoms with Crippen LogP contribution in [0.15, 0.2) is 30.2 Å². The van der Waals surface area contributed by atoms with Crippen LogP contribution in [0.1, 0.15) is 64.4 Å². The Balaban J connectivity index is 1.44. The van der Waals surface area contributed by atoms with E-state index >= 15 is 0 Å². The molecule has 1 saturated carbocycles. The van der Waals surface area contributed by atoms with Gasteiger partial charge < -0.3 is 8.97 Å². The summed E-state index contributed by atoms with van der Waals surface area (Å²) in [5.74, 6) is 0.613. The molecular weight excluding hydrogens is 456 g/mol. The summed E-state index contributed by atoms with van der Waals surface area (Å²) in [6.07, 6.45) is 12.8. The van der Waals surface area contributed by atoms with Gasteiger partial charge in [0.25, 0.3) is 0 Å². The quantitative estimate of drug-likeness (QED) is 0.374. The summed E-state index contributed by atoms with van der Waals surface area (Å²) in [4.78, 5) is 13.5. The topological polar surface area (TPSA) is 43.2 Å².